The van der Waals surface area contributed by atoms with Crippen LogP contribution in [-0.2, 0) is 4.74 Å². The molecule has 2 aromatic rings. The van der Waals surface area contributed by atoms with Gasteiger partial charge in [-0.15, -0.1) is 0 Å². The summed E-state index contributed by atoms with van der Waals surface area (Å²) in [5.41, 5.74) is 0.925. The van der Waals surface area contributed by atoms with E-state index in [1.165, 1.54) is 0 Å². The van der Waals surface area contributed by atoms with Gasteiger partial charge < -0.3 is 19.4 Å². The molecular weight excluding hydrogens is 322 g/mol. The van der Waals surface area contributed by atoms with E-state index in [1.807, 2.05) is 40.1 Å². The summed E-state index contributed by atoms with van der Waals surface area (Å²) in [6, 6.07) is 9.92. The van der Waals surface area contributed by atoms with Crippen LogP contribution >= 0.6 is 0 Å². The van der Waals surface area contributed by atoms with Gasteiger partial charge in [0.25, 0.3) is 0 Å². The fourth-order valence-electron chi connectivity index (χ4n) is 3.17. The topological polar surface area (TPSA) is 79.6 Å². The molecule has 2 aliphatic rings. The molecule has 3 heterocycles. The molecule has 1 aromatic heterocycles. The molecule has 2 fully saturated rings. The minimum absolute atomic E-state index is 0.102. The summed E-state index contributed by atoms with van der Waals surface area (Å²) in [4.78, 5) is 18.5. The molecule has 1 aromatic carbocycles. The normalized spacial score (nSPS) is 18.5. The number of carbonyl (C=O) groups is 1. The van der Waals surface area contributed by atoms with E-state index in [-0.39, 0.29) is 6.03 Å². The maximum Gasteiger partial charge on any atom is 0.320 e. The van der Waals surface area contributed by atoms with Gasteiger partial charge in [0.2, 0.25) is 5.95 Å². The van der Waals surface area contributed by atoms with Crippen LogP contribution in [0.15, 0.2) is 30.3 Å². The van der Waals surface area contributed by atoms with Crippen LogP contribution < -0.4 is 4.90 Å². The van der Waals surface area contributed by atoms with E-state index in [4.69, 9.17) is 4.74 Å². The molecule has 9 heteroatoms. The first kappa shape index (κ1) is 15.8. The first-order valence-electron chi connectivity index (χ1n) is 8.53. The zero-order valence-corrected chi connectivity index (χ0v) is 14.0. The predicted octanol–water partition coefficient (Wildman–Crippen LogP) is 0.237. The van der Waals surface area contributed by atoms with Crippen LogP contribution in [0, 0.1) is 0 Å². The summed E-state index contributed by atoms with van der Waals surface area (Å²) in [6.07, 6.45) is 0. The monoisotopic (exact) mass is 343 g/mol. The van der Waals surface area contributed by atoms with E-state index in [0.717, 1.165) is 5.69 Å². The zero-order valence-electron chi connectivity index (χ0n) is 14.0. The van der Waals surface area contributed by atoms with Crippen molar-refractivity contribution >= 4 is 12.0 Å². The third-order valence-corrected chi connectivity index (χ3v) is 4.57. The molecule has 2 aliphatic heterocycles. The summed E-state index contributed by atoms with van der Waals surface area (Å²) in [6.45, 7) is 5.34. The highest BCUT2D eigenvalue weighted by atomic mass is 16.5. The van der Waals surface area contributed by atoms with Gasteiger partial charge >= 0.3 is 6.03 Å². The van der Waals surface area contributed by atoms with Crippen LogP contribution in [0.4, 0.5) is 10.7 Å². The Kier molecular flexibility index (Phi) is 4.47. The lowest BCUT2D eigenvalue weighted by Gasteiger charge is -2.38. The highest BCUT2D eigenvalue weighted by Crippen LogP contribution is 2.17. The molecule has 25 heavy (non-hydrogen) atoms. The Morgan fingerprint density at radius 1 is 0.920 bits per heavy atom. The standard InChI is InChI=1S/C16H21N7O2/c24-16(22-10-12-25-13-11-22)21-8-6-20(7-9-21)15-17-18-19-23(15)14-4-2-1-3-5-14/h1-5H,6-13H2. The predicted molar refractivity (Wildman–Crippen MR) is 90.7 cm³/mol. The Balaban J connectivity index is 1.41. The largest absolute Gasteiger partial charge is 0.378 e. The van der Waals surface area contributed by atoms with Gasteiger partial charge in [0.1, 0.15) is 0 Å². The summed E-state index contributed by atoms with van der Waals surface area (Å²) in [5, 5.41) is 12.1. The molecule has 0 radical (unpaired) electrons. The van der Waals surface area contributed by atoms with Crippen molar-refractivity contribution in [1.29, 1.82) is 0 Å². The van der Waals surface area contributed by atoms with Crippen LogP contribution in [0.2, 0.25) is 0 Å². The van der Waals surface area contributed by atoms with Gasteiger partial charge in [-0.3, -0.25) is 0 Å². The number of morpholine rings is 1. The van der Waals surface area contributed by atoms with Crippen molar-refractivity contribution in [1.82, 2.24) is 30.0 Å². The van der Waals surface area contributed by atoms with Crippen LogP contribution in [0.25, 0.3) is 5.69 Å². The summed E-state index contributed by atoms with van der Waals surface area (Å²) >= 11 is 0. The number of aromatic nitrogens is 4. The van der Waals surface area contributed by atoms with Gasteiger partial charge in [-0.1, -0.05) is 23.3 Å². The van der Waals surface area contributed by atoms with Crippen molar-refractivity contribution in [3.63, 3.8) is 0 Å². The number of ether oxygens (including phenoxy) is 1. The van der Waals surface area contributed by atoms with Crippen molar-refractivity contribution in [2.24, 2.45) is 0 Å². The number of tetrazole rings is 1. The Hall–Kier alpha value is -2.68. The van der Waals surface area contributed by atoms with Crippen LogP contribution in [0.5, 0.6) is 0 Å². The van der Waals surface area contributed by atoms with E-state index in [0.29, 0.717) is 58.4 Å². The minimum Gasteiger partial charge on any atom is -0.378 e. The van der Waals surface area contributed by atoms with E-state index in [9.17, 15) is 4.79 Å². The average Bonchev–Trinajstić information content (AvgIpc) is 3.19. The van der Waals surface area contributed by atoms with E-state index < -0.39 is 0 Å². The number of hydrogen-bond donors (Lipinski definition) is 0. The van der Waals surface area contributed by atoms with Gasteiger partial charge in [0, 0.05) is 39.3 Å². The van der Waals surface area contributed by atoms with Crippen LogP contribution in [-0.4, -0.2) is 88.5 Å². The fraction of sp³-hybridized carbons (Fsp3) is 0.500. The maximum atomic E-state index is 12.6. The molecular formula is C16H21N7O2. The molecule has 9 nitrogen and oxygen atoms in total. The van der Waals surface area contributed by atoms with Gasteiger partial charge in [0.05, 0.1) is 18.9 Å². The average molecular weight is 343 g/mol. The molecule has 0 aliphatic carbocycles. The minimum atomic E-state index is 0.102. The Morgan fingerprint density at radius 2 is 1.60 bits per heavy atom. The first-order chi connectivity index (χ1) is 12.3. The second-order valence-electron chi connectivity index (χ2n) is 6.08. The highest BCUT2D eigenvalue weighted by Gasteiger charge is 2.28. The number of nitrogens with zero attached hydrogens (tertiary/aromatic N) is 7. The van der Waals surface area contributed by atoms with Crippen LogP contribution in [0.1, 0.15) is 0 Å². The number of anilines is 1. The van der Waals surface area contributed by atoms with Crippen molar-refractivity contribution < 1.29 is 9.53 Å². The quantitative estimate of drug-likeness (QED) is 0.777. The SMILES string of the molecule is O=C(N1CCOCC1)N1CCN(c2nnnn2-c2ccccc2)CC1. The lowest BCUT2D eigenvalue weighted by Crippen LogP contribution is -2.55. The van der Waals surface area contributed by atoms with Crippen molar-refractivity contribution in [2.45, 2.75) is 0 Å². The number of carbonyl (C=O) groups excluding carboxylic acids is 1. The molecule has 0 saturated carbocycles. The number of para-hydroxylation sites is 1. The smallest absolute Gasteiger partial charge is 0.320 e. The Labute approximate surface area is 145 Å². The fourth-order valence-corrected chi connectivity index (χ4v) is 3.17. The van der Waals surface area contributed by atoms with Crippen LogP contribution in [0.3, 0.4) is 0 Å². The van der Waals surface area contributed by atoms with Gasteiger partial charge in [-0.2, -0.15) is 4.68 Å². The van der Waals surface area contributed by atoms with Gasteiger partial charge in [0.15, 0.2) is 0 Å². The number of piperazine rings is 1. The Morgan fingerprint density at radius 3 is 2.32 bits per heavy atom. The summed E-state index contributed by atoms with van der Waals surface area (Å²) in [7, 11) is 0. The third kappa shape index (κ3) is 3.27. The summed E-state index contributed by atoms with van der Waals surface area (Å²) in [5.74, 6) is 0.713. The number of urea groups is 1. The number of amides is 2. The second-order valence-corrected chi connectivity index (χ2v) is 6.08. The summed E-state index contributed by atoms with van der Waals surface area (Å²) < 4.78 is 7.05. The highest BCUT2D eigenvalue weighted by molar-refractivity contribution is 5.75. The second kappa shape index (κ2) is 7.06. The van der Waals surface area contributed by atoms with Gasteiger partial charge in [-0.25, -0.2) is 4.79 Å². The lowest BCUT2D eigenvalue weighted by atomic mass is 10.3. The zero-order chi connectivity index (χ0) is 17.1. The molecule has 4 rings (SSSR count). The van der Waals surface area contributed by atoms with Gasteiger partial charge in [-0.05, 0) is 22.6 Å². The first-order valence-corrected chi connectivity index (χ1v) is 8.53. The number of hydrogen-bond acceptors (Lipinski definition) is 6. The maximum absolute atomic E-state index is 12.6. The molecule has 2 saturated heterocycles. The van der Waals surface area contributed by atoms with Crippen molar-refractivity contribution in [2.75, 3.05) is 57.4 Å². The molecule has 0 unspecified atom stereocenters. The van der Waals surface area contributed by atoms with E-state index >= 15 is 0 Å². The van der Waals surface area contributed by atoms with E-state index in [2.05, 4.69) is 20.4 Å². The molecule has 0 N–H and O–H groups in total. The number of benzene rings is 1. The lowest BCUT2D eigenvalue weighted by molar-refractivity contribution is 0.0428. The molecule has 2 amide bonds. The van der Waals surface area contributed by atoms with Crippen molar-refractivity contribution in [3.05, 3.63) is 30.3 Å². The van der Waals surface area contributed by atoms with Crippen molar-refractivity contribution in [3.8, 4) is 5.69 Å². The van der Waals surface area contributed by atoms with E-state index in [1.54, 1.807) is 4.68 Å². The molecule has 0 atom stereocenters. The molecule has 0 bridgehead atoms. The number of rotatable bonds is 2. The molecule has 0 spiro atoms. The Bertz CT molecular complexity index is 706. The third-order valence-electron chi connectivity index (χ3n) is 4.57. The molecule has 132 valence electrons.